The molecule has 1 unspecified atom stereocenters. The lowest BCUT2D eigenvalue weighted by Gasteiger charge is -2.22. The highest BCUT2D eigenvalue weighted by molar-refractivity contribution is 7.91. The predicted molar refractivity (Wildman–Crippen MR) is 82.8 cm³/mol. The molecule has 1 saturated heterocycles. The smallest absolute Gasteiger partial charge is 0.229 e. The van der Waals surface area contributed by atoms with Gasteiger partial charge in [0, 0.05) is 6.54 Å². The number of benzene rings is 1. The van der Waals surface area contributed by atoms with Gasteiger partial charge in [-0.2, -0.15) is 0 Å². The van der Waals surface area contributed by atoms with Gasteiger partial charge in [-0.1, -0.05) is 17.7 Å². The van der Waals surface area contributed by atoms with Gasteiger partial charge in [-0.05, 0) is 43.4 Å². The van der Waals surface area contributed by atoms with Crippen LogP contribution in [0, 0.1) is 12.8 Å². The molecule has 1 aromatic carbocycles. The van der Waals surface area contributed by atoms with Gasteiger partial charge >= 0.3 is 0 Å². The summed E-state index contributed by atoms with van der Waals surface area (Å²) in [7, 11) is -6.76. The zero-order valence-electron chi connectivity index (χ0n) is 11.7. The van der Waals surface area contributed by atoms with Gasteiger partial charge in [-0.25, -0.2) is 21.6 Å². The number of sulfone groups is 1. The molecule has 1 aliphatic rings. The molecule has 21 heavy (non-hydrogen) atoms. The lowest BCUT2D eigenvalue weighted by Crippen LogP contribution is -2.35. The Bertz CT molecular complexity index is 729. The molecule has 0 spiro atoms. The van der Waals surface area contributed by atoms with E-state index in [9.17, 15) is 16.8 Å². The molecule has 0 saturated carbocycles. The standard InChI is InChI=1S/C13H18ClNO4S2/c1-10-4-5-13(12(14)7-10)21(18,19)15-8-11-3-2-6-20(16,17)9-11/h4-5,7,11,15H,2-3,6,8-9H2,1H3. The zero-order chi connectivity index (χ0) is 15.7. The first kappa shape index (κ1) is 16.7. The van der Waals surface area contributed by atoms with Crippen molar-refractivity contribution >= 4 is 31.5 Å². The zero-order valence-corrected chi connectivity index (χ0v) is 14.1. The summed E-state index contributed by atoms with van der Waals surface area (Å²) < 4.78 is 50.0. The van der Waals surface area contributed by atoms with E-state index in [-0.39, 0.29) is 33.9 Å². The lowest BCUT2D eigenvalue weighted by molar-refractivity contribution is 0.475. The molecule has 8 heteroatoms. The Morgan fingerprint density at radius 1 is 1.38 bits per heavy atom. The fourth-order valence-corrected chi connectivity index (χ4v) is 5.90. The molecule has 5 nitrogen and oxygen atoms in total. The minimum absolute atomic E-state index is 0.0217. The summed E-state index contributed by atoms with van der Waals surface area (Å²) in [5.74, 6) is 0.0553. The molecule has 1 fully saturated rings. The van der Waals surface area contributed by atoms with Gasteiger partial charge in [0.15, 0.2) is 9.84 Å². The molecule has 1 aromatic rings. The van der Waals surface area contributed by atoms with Crippen LogP contribution >= 0.6 is 11.6 Å². The van der Waals surface area contributed by atoms with Crippen LogP contribution in [0.2, 0.25) is 5.02 Å². The van der Waals surface area contributed by atoms with Crippen LogP contribution in [-0.4, -0.2) is 34.9 Å². The number of aryl methyl sites for hydroxylation is 1. The van der Waals surface area contributed by atoms with Crippen LogP contribution in [0.3, 0.4) is 0 Å². The van der Waals surface area contributed by atoms with Crippen LogP contribution in [0.15, 0.2) is 23.1 Å². The van der Waals surface area contributed by atoms with Crippen LogP contribution in [-0.2, 0) is 19.9 Å². The Labute approximate surface area is 130 Å². The fraction of sp³-hybridized carbons (Fsp3) is 0.538. The van der Waals surface area contributed by atoms with Crippen molar-refractivity contribution < 1.29 is 16.8 Å². The van der Waals surface area contributed by atoms with E-state index in [4.69, 9.17) is 11.6 Å². The third-order valence-corrected chi connectivity index (χ3v) is 7.29. The molecule has 0 bridgehead atoms. The minimum Gasteiger partial charge on any atom is -0.229 e. The Morgan fingerprint density at radius 3 is 2.71 bits per heavy atom. The average molecular weight is 352 g/mol. The van der Waals surface area contributed by atoms with Crippen LogP contribution in [0.5, 0.6) is 0 Å². The van der Waals surface area contributed by atoms with Gasteiger partial charge in [-0.3, -0.25) is 0 Å². The van der Waals surface area contributed by atoms with Crippen molar-refractivity contribution in [3.63, 3.8) is 0 Å². The maximum absolute atomic E-state index is 12.2. The third-order valence-electron chi connectivity index (χ3n) is 3.50. The molecule has 0 aromatic heterocycles. The van der Waals surface area contributed by atoms with E-state index in [0.29, 0.717) is 12.8 Å². The molecule has 1 aliphatic heterocycles. The van der Waals surface area contributed by atoms with Gasteiger partial charge in [0.1, 0.15) is 4.90 Å². The van der Waals surface area contributed by atoms with Crippen LogP contribution in [0.1, 0.15) is 18.4 Å². The second-order valence-corrected chi connectivity index (χ2v) is 9.78. The summed E-state index contributed by atoms with van der Waals surface area (Å²) in [4.78, 5) is 0.0217. The first-order valence-electron chi connectivity index (χ1n) is 6.66. The number of nitrogens with one attached hydrogen (secondary N) is 1. The van der Waals surface area contributed by atoms with E-state index in [1.165, 1.54) is 6.07 Å². The number of halogens is 1. The number of rotatable bonds is 4. The lowest BCUT2D eigenvalue weighted by atomic mass is 10.1. The Kier molecular flexibility index (Phi) is 4.97. The summed E-state index contributed by atoms with van der Waals surface area (Å²) in [6.45, 7) is 1.94. The van der Waals surface area contributed by atoms with E-state index in [1.807, 2.05) is 6.92 Å². The van der Waals surface area contributed by atoms with Crippen molar-refractivity contribution in [1.82, 2.24) is 4.72 Å². The van der Waals surface area contributed by atoms with Crippen molar-refractivity contribution in [2.45, 2.75) is 24.7 Å². The average Bonchev–Trinajstić information content (AvgIpc) is 2.35. The summed E-state index contributed by atoms with van der Waals surface area (Å²) in [5, 5.41) is 0.166. The molecule has 2 rings (SSSR count). The maximum Gasteiger partial charge on any atom is 0.242 e. The van der Waals surface area contributed by atoms with Crippen LogP contribution < -0.4 is 4.72 Å². The molecular formula is C13H18ClNO4S2. The largest absolute Gasteiger partial charge is 0.242 e. The molecule has 1 atom stereocenters. The highest BCUT2D eigenvalue weighted by Gasteiger charge is 2.26. The third kappa shape index (κ3) is 4.42. The van der Waals surface area contributed by atoms with Gasteiger partial charge in [0.05, 0.1) is 16.5 Å². The Morgan fingerprint density at radius 2 is 2.10 bits per heavy atom. The molecular weight excluding hydrogens is 334 g/mol. The SMILES string of the molecule is Cc1ccc(S(=O)(=O)NCC2CCCS(=O)(=O)C2)c(Cl)c1. The van der Waals surface area contributed by atoms with E-state index < -0.39 is 19.9 Å². The topological polar surface area (TPSA) is 80.3 Å². The van der Waals surface area contributed by atoms with Crippen molar-refractivity contribution in [3.8, 4) is 0 Å². The minimum atomic E-state index is -3.72. The quantitative estimate of drug-likeness (QED) is 0.896. The first-order valence-corrected chi connectivity index (χ1v) is 10.3. The highest BCUT2D eigenvalue weighted by atomic mass is 35.5. The Hall–Kier alpha value is -0.630. The molecule has 118 valence electrons. The van der Waals surface area contributed by atoms with Crippen molar-refractivity contribution in [2.24, 2.45) is 5.92 Å². The maximum atomic E-state index is 12.2. The van der Waals surface area contributed by atoms with Crippen molar-refractivity contribution in [1.29, 1.82) is 0 Å². The number of hydrogen-bond donors (Lipinski definition) is 1. The van der Waals surface area contributed by atoms with Gasteiger partial charge in [0.25, 0.3) is 0 Å². The summed E-state index contributed by atoms with van der Waals surface area (Å²) >= 11 is 5.97. The molecule has 0 radical (unpaired) electrons. The first-order chi connectivity index (χ1) is 9.70. The van der Waals surface area contributed by atoms with E-state index in [0.717, 1.165) is 5.56 Å². The van der Waals surface area contributed by atoms with Crippen LogP contribution in [0.25, 0.3) is 0 Å². The fourth-order valence-electron chi connectivity index (χ4n) is 2.41. The summed E-state index contributed by atoms with van der Waals surface area (Å²) in [5.41, 5.74) is 0.873. The summed E-state index contributed by atoms with van der Waals surface area (Å²) in [6, 6.07) is 4.71. The predicted octanol–water partition coefficient (Wildman–Crippen LogP) is 1.75. The normalized spacial score (nSPS) is 22.1. The Balaban J connectivity index is 2.08. The number of hydrogen-bond acceptors (Lipinski definition) is 4. The van der Waals surface area contributed by atoms with Gasteiger partial charge in [-0.15, -0.1) is 0 Å². The van der Waals surface area contributed by atoms with E-state index in [2.05, 4.69) is 4.72 Å². The van der Waals surface area contributed by atoms with E-state index in [1.54, 1.807) is 12.1 Å². The second-order valence-electron chi connectivity index (χ2n) is 5.41. The molecule has 1 N–H and O–H groups in total. The second kappa shape index (κ2) is 6.24. The summed E-state index contributed by atoms with van der Waals surface area (Å²) in [6.07, 6.45) is 1.30. The van der Waals surface area contributed by atoms with Crippen LogP contribution in [0.4, 0.5) is 0 Å². The molecule has 1 heterocycles. The van der Waals surface area contributed by atoms with Crippen molar-refractivity contribution in [2.75, 3.05) is 18.1 Å². The molecule has 0 amide bonds. The van der Waals surface area contributed by atoms with Gasteiger partial charge < -0.3 is 0 Å². The highest BCUT2D eigenvalue weighted by Crippen LogP contribution is 2.23. The van der Waals surface area contributed by atoms with Crippen molar-refractivity contribution in [3.05, 3.63) is 28.8 Å². The van der Waals surface area contributed by atoms with Gasteiger partial charge in [0.2, 0.25) is 10.0 Å². The van der Waals surface area contributed by atoms with E-state index >= 15 is 0 Å². The monoisotopic (exact) mass is 351 g/mol. The molecule has 0 aliphatic carbocycles. The number of sulfonamides is 1.